The summed E-state index contributed by atoms with van der Waals surface area (Å²) in [5.74, 6) is -0.501. The first-order chi connectivity index (χ1) is 15.8. The number of methoxy groups -OCH3 is 1. The fourth-order valence-corrected chi connectivity index (χ4v) is 3.99. The molecule has 15 heteroatoms. The smallest absolute Gasteiger partial charge is 0.736 e. The first-order valence-electron chi connectivity index (χ1n) is 10.2. The number of piperidine rings is 1. The number of hydrogen-bond donors (Lipinski definition) is 3. The summed E-state index contributed by atoms with van der Waals surface area (Å²) in [6.07, 6.45) is 2.85. The number of sulfonamides is 1. The molecule has 1 saturated heterocycles. The third kappa shape index (κ3) is 9.52. The number of ether oxygens (including phenoxy) is 2. The van der Waals surface area contributed by atoms with Crippen LogP contribution in [-0.4, -0.2) is 83.4 Å². The van der Waals surface area contributed by atoms with E-state index in [1.807, 2.05) is 0 Å². The second kappa shape index (κ2) is 11.9. The van der Waals surface area contributed by atoms with Gasteiger partial charge in [0.05, 0.1) is 20.0 Å². The summed E-state index contributed by atoms with van der Waals surface area (Å²) in [7, 11) is -6.15. The van der Waals surface area contributed by atoms with E-state index in [0.29, 0.717) is 24.0 Å². The maximum atomic E-state index is 13.6. The summed E-state index contributed by atoms with van der Waals surface area (Å²) in [6, 6.07) is 4.15. The highest BCUT2D eigenvalue weighted by Gasteiger charge is 2.24. The second-order valence-electron chi connectivity index (χ2n) is 7.77. The molecule has 2 heterocycles. The number of likely N-dealkylation sites (tertiary alicyclic amines) is 1. The van der Waals surface area contributed by atoms with Crippen molar-refractivity contribution in [1.82, 2.24) is 14.6 Å². The van der Waals surface area contributed by atoms with Gasteiger partial charge in [0.15, 0.2) is 10.3 Å². The van der Waals surface area contributed by atoms with Gasteiger partial charge in [-0.05, 0) is 50.0 Å². The SMILES string of the molecule is COc1[nH]c2ccc(F)cc2c1C(=O)OCC1CCN(CCNS(C)(=O)=O)CC1.NS(=O)(=O)[O-].[H+]. The summed E-state index contributed by atoms with van der Waals surface area (Å²) < 4.78 is 75.6. The van der Waals surface area contributed by atoms with Crippen LogP contribution in [0.5, 0.6) is 5.88 Å². The molecule has 2 aromatic rings. The van der Waals surface area contributed by atoms with Crippen molar-refractivity contribution < 1.29 is 41.5 Å². The number of nitrogens with two attached hydrogens (primary N) is 1. The predicted molar refractivity (Wildman–Crippen MR) is 122 cm³/mol. The number of fused-ring (bicyclic) bond motifs is 1. The van der Waals surface area contributed by atoms with Crippen LogP contribution in [0.15, 0.2) is 18.2 Å². The van der Waals surface area contributed by atoms with Gasteiger partial charge in [-0.15, -0.1) is 0 Å². The lowest BCUT2D eigenvalue weighted by atomic mass is 9.98. The van der Waals surface area contributed by atoms with E-state index in [9.17, 15) is 17.6 Å². The monoisotopic (exact) mass is 524 g/mol. The minimum absolute atomic E-state index is 0. The minimum atomic E-state index is -4.42. The summed E-state index contributed by atoms with van der Waals surface area (Å²) in [5, 5.41) is 4.20. The molecular weight excluding hydrogens is 495 g/mol. The Morgan fingerprint density at radius 1 is 1.32 bits per heavy atom. The highest BCUT2D eigenvalue weighted by molar-refractivity contribution is 7.88. The predicted octanol–water partition coefficient (Wildman–Crippen LogP) is 0.251. The Balaban J connectivity index is 0.000000927. The van der Waals surface area contributed by atoms with Crippen molar-refractivity contribution in [2.45, 2.75) is 12.8 Å². The number of rotatable bonds is 8. The van der Waals surface area contributed by atoms with Crippen molar-refractivity contribution in [3.05, 3.63) is 29.6 Å². The lowest BCUT2D eigenvalue weighted by Crippen LogP contribution is -2.40. The molecule has 0 atom stereocenters. The third-order valence-corrected chi connectivity index (χ3v) is 5.81. The number of nitrogens with zero attached hydrogens (tertiary/aromatic N) is 1. The zero-order valence-corrected chi connectivity index (χ0v) is 20.4. The third-order valence-electron chi connectivity index (χ3n) is 5.08. The van der Waals surface area contributed by atoms with Crippen molar-refractivity contribution >= 4 is 37.2 Å². The van der Waals surface area contributed by atoms with E-state index in [4.69, 9.17) is 22.4 Å². The summed E-state index contributed by atoms with van der Waals surface area (Å²) in [4.78, 5) is 17.8. The Labute approximate surface area is 199 Å². The second-order valence-corrected chi connectivity index (χ2v) is 10.6. The van der Waals surface area contributed by atoms with Gasteiger partial charge in [0, 0.05) is 24.0 Å². The fraction of sp³-hybridized carbons (Fsp3) is 0.526. The molecule has 0 aliphatic carbocycles. The molecule has 1 aromatic carbocycles. The van der Waals surface area contributed by atoms with Gasteiger partial charge in [-0.3, -0.25) is 0 Å². The van der Waals surface area contributed by atoms with Crippen molar-refractivity contribution in [2.75, 3.05) is 46.2 Å². The molecule has 12 nitrogen and oxygen atoms in total. The topological polar surface area (TPSA) is 184 Å². The number of H-pyrrole nitrogens is 1. The van der Waals surface area contributed by atoms with Gasteiger partial charge < -0.3 is 23.9 Å². The number of carbonyl (C=O) groups excluding carboxylic acids is 1. The molecule has 0 unspecified atom stereocenters. The molecule has 0 bridgehead atoms. The normalized spacial score (nSPS) is 15.6. The molecule has 0 spiro atoms. The lowest BCUT2D eigenvalue weighted by Gasteiger charge is -2.31. The van der Waals surface area contributed by atoms with E-state index in [2.05, 4.69) is 19.7 Å². The average Bonchev–Trinajstić information content (AvgIpc) is 3.08. The number of carbonyl (C=O) groups is 1. The van der Waals surface area contributed by atoms with E-state index >= 15 is 0 Å². The largest absolute Gasteiger partial charge is 1.00 e. The highest BCUT2D eigenvalue weighted by atomic mass is 32.2. The highest BCUT2D eigenvalue weighted by Crippen LogP contribution is 2.29. The van der Waals surface area contributed by atoms with Crippen molar-refractivity contribution in [1.29, 1.82) is 0 Å². The molecule has 1 fully saturated rings. The standard InChI is InChI=1S/C19H26FN3O5S.H3NO3S/c1-27-18-17(15-11-14(20)3-4-16(15)22-18)19(24)28-12-13-5-8-23(9-6-13)10-7-21-29(2,25)26;1-5(2,3)4/h3-4,11,13,21-22H,5-10,12H2,1-2H3;(H3,1,2,3,4). The molecule has 192 valence electrons. The Hall–Kier alpha value is -2.30. The van der Waals surface area contributed by atoms with Gasteiger partial charge in [-0.2, -0.15) is 0 Å². The average molecular weight is 525 g/mol. The van der Waals surface area contributed by atoms with Crippen LogP contribution in [0, 0.1) is 11.7 Å². The first-order valence-corrected chi connectivity index (χ1v) is 13.6. The number of esters is 1. The number of aromatic nitrogens is 1. The zero-order valence-electron chi connectivity index (χ0n) is 19.7. The molecule has 1 aromatic heterocycles. The first kappa shape index (κ1) is 27.9. The minimum Gasteiger partial charge on any atom is -0.736 e. The molecule has 0 amide bonds. The Kier molecular flexibility index (Phi) is 9.78. The summed E-state index contributed by atoms with van der Waals surface area (Å²) in [6.45, 7) is 2.94. The van der Waals surface area contributed by atoms with Gasteiger partial charge in [0.25, 0.3) is 0 Å². The summed E-state index contributed by atoms with van der Waals surface area (Å²) >= 11 is 0. The van der Waals surface area contributed by atoms with E-state index < -0.39 is 32.1 Å². The number of benzene rings is 1. The van der Waals surface area contributed by atoms with Crippen LogP contribution in [0.3, 0.4) is 0 Å². The summed E-state index contributed by atoms with van der Waals surface area (Å²) in [5.41, 5.74) is 0.803. The van der Waals surface area contributed by atoms with Crippen molar-refractivity contribution in [3.8, 4) is 5.88 Å². The van der Waals surface area contributed by atoms with Crippen LogP contribution in [0.4, 0.5) is 4.39 Å². The maximum absolute atomic E-state index is 13.6. The number of halogens is 1. The molecule has 4 N–H and O–H groups in total. The van der Waals surface area contributed by atoms with Crippen LogP contribution in [0.2, 0.25) is 0 Å². The van der Waals surface area contributed by atoms with Gasteiger partial charge >= 0.3 is 7.40 Å². The Morgan fingerprint density at radius 2 is 1.94 bits per heavy atom. The fourth-order valence-electron chi connectivity index (χ4n) is 3.53. The van der Waals surface area contributed by atoms with Crippen molar-refractivity contribution in [2.24, 2.45) is 11.1 Å². The van der Waals surface area contributed by atoms with E-state index in [0.717, 1.165) is 32.2 Å². The van der Waals surface area contributed by atoms with Crippen LogP contribution in [0.25, 0.3) is 10.9 Å². The van der Waals surface area contributed by atoms with E-state index in [1.165, 1.54) is 19.2 Å². The Morgan fingerprint density at radius 3 is 2.50 bits per heavy atom. The van der Waals surface area contributed by atoms with Gasteiger partial charge in [0.1, 0.15) is 11.4 Å². The molecular formula is C19H29FN4O8S2. The number of aromatic amines is 1. The zero-order chi connectivity index (χ0) is 25.5. The molecule has 34 heavy (non-hydrogen) atoms. The molecule has 0 saturated carbocycles. The van der Waals surface area contributed by atoms with Crippen LogP contribution >= 0.6 is 0 Å². The Bertz CT molecular complexity index is 1190. The molecule has 3 rings (SSSR count). The van der Waals surface area contributed by atoms with Crippen LogP contribution < -0.4 is 14.6 Å². The quantitative estimate of drug-likeness (QED) is 0.322. The van der Waals surface area contributed by atoms with Crippen LogP contribution in [-0.2, 0) is 25.1 Å². The molecule has 1 aliphatic rings. The van der Waals surface area contributed by atoms with Gasteiger partial charge in [-0.25, -0.2) is 35.9 Å². The van der Waals surface area contributed by atoms with Crippen LogP contribution in [0.1, 0.15) is 24.6 Å². The van der Waals surface area contributed by atoms with E-state index in [-0.39, 0.29) is 25.4 Å². The van der Waals surface area contributed by atoms with Crippen molar-refractivity contribution in [3.63, 3.8) is 0 Å². The maximum Gasteiger partial charge on any atom is 1.00 e. The number of hydrogen-bond acceptors (Lipinski definition) is 9. The van der Waals surface area contributed by atoms with Gasteiger partial charge in [-0.1, -0.05) is 0 Å². The van der Waals surface area contributed by atoms with E-state index in [1.54, 1.807) is 6.07 Å². The van der Waals surface area contributed by atoms with Gasteiger partial charge in [0.2, 0.25) is 15.9 Å². The molecule has 0 radical (unpaired) electrons. The number of nitrogens with one attached hydrogen (secondary N) is 2. The molecule has 1 aliphatic heterocycles. The lowest BCUT2D eigenvalue weighted by molar-refractivity contribution is 0.0372.